The molecule has 0 radical (unpaired) electrons. The van der Waals surface area contributed by atoms with Crippen molar-refractivity contribution < 1.29 is 14.5 Å². The molecule has 1 aliphatic rings. The fourth-order valence-corrected chi connectivity index (χ4v) is 2.39. The highest BCUT2D eigenvalue weighted by molar-refractivity contribution is 6.00. The van der Waals surface area contributed by atoms with E-state index >= 15 is 0 Å². The maximum absolute atomic E-state index is 12.0. The van der Waals surface area contributed by atoms with E-state index in [9.17, 15) is 14.9 Å². The summed E-state index contributed by atoms with van der Waals surface area (Å²) in [4.78, 5) is 22.2. The number of ether oxygens (including phenoxy) is 1. The van der Waals surface area contributed by atoms with Crippen LogP contribution in [0.5, 0.6) is 0 Å². The Labute approximate surface area is 122 Å². The first-order valence-electron chi connectivity index (χ1n) is 7.02. The van der Waals surface area contributed by atoms with Crippen molar-refractivity contribution in [3.8, 4) is 0 Å². The molecule has 1 atom stereocenters. The molecule has 1 aromatic carbocycles. The fraction of sp³-hybridized carbons (Fsp3) is 0.500. The molecule has 7 nitrogen and oxygen atoms in total. The zero-order chi connectivity index (χ0) is 15.2. The second-order valence-corrected chi connectivity index (χ2v) is 5.03. The van der Waals surface area contributed by atoms with Crippen molar-refractivity contribution in [3.63, 3.8) is 0 Å². The minimum absolute atomic E-state index is 0.103. The number of nitro groups is 1. The lowest BCUT2D eigenvalue weighted by Gasteiger charge is -2.22. The summed E-state index contributed by atoms with van der Waals surface area (Å²) in [6.45, 7) is 1.24. The molecule has 1 unspecified atom stereocenters. The Morgan fingerprint density at radius 3 is 2.95 bits per heavy atom. The van der Waals surface area contributed by atoms with E-state index in [1.807, 2.05) is 0 Å². The van der Waals surface area contributed by atoms with Crippen molar-refractivity contribution in [3.05, 3.63) is 33.9 Å². The van der Waals surface area contributed by atoms with Gasteiger partial charge in [-0.05, 0) is 31.7 Å². The molecule has 21 heavy (non-hydrogen) atoms. The van der Waals surface area contributed by atoms with Gasteiger partial charge in [0, 0.05) is 19.2 Å². The third kappa shape index (κ3) is 3.91. The minimum atomic E-state index is -0.595. The molecule has 0 spiro atoms. The molecule has 114 valence electrons. The normalized spacial score (nSPS) is 18.2. The number of hydrogen-bond acceptors (Lipinski definition) is 5. The van der Waals surface area contributed by atoms with Crippen LogP contribution in [0.15, 0.2) is 18.2 Å². The summed E-state index contributed by atoms with van der Waals surface area (Å²) in [5, 5.41) is 13.5. The molecular formula is C14H19N3O4. The maximum Gasteiger partial charge on any atom is 0.292 e. The predicted octanol–water partition coefficient (Wildman–Crippen LogP) is 1.87. The van der Waals surface area contributed by atoms with Gasteiger partial charge in [0.05, 0.1) is 16.6 Å². The predicted molar refractivity (Wildman–Crippen MR) is 78.1 cm³/mol. The van der Waals surface area contributed by atoms with Gasteiger partial charge in [-0.1, -0.05) is 6.07 Å². The quantitative estimate of drug-likeness (QED) is 0.489. The molecule has 1 heterocycles. The minimum Gasteiger partial charge on any atom is -0.393 e. The van der Waals surface area contributed by atoms with Gasteiger partial charge in [-0.25, -0.2) is 0 Å². The topological polar surface area (TPSA) is 107 Å². The highest BCUT2D eigenvalue weighted by atomic mass is 16.6. The third-order valence-electron chi connectivity index (χ3n) is 3.55. The average Bonchev–Trinajstić information content (AvgIpc) is 2.48. The summed E-state index contributed by atoms with van der Waals surface area (Å²) >= 11 is 0. The SMILES string of the molecule is Nc1c(C(=O)NCCC2CCCCO2)cccc1[N+](=O)[O-]. The lowest BCUT2D eigenvalue weighted by Crippen LogP contribution is -2.30. The first-order chi connectivity index (χ1) is 10.1. The maximum atomic E-state index is 12.0. The van der Waals surface area contributed by atoms with Crippen LogP contribution in [0.3, 0.4) is 0 Å². The highest BCUT2D eigenvalue weighted by Crippen LogP contribution is 2.24. The van der Waals surface area contributed by atoms with E-state index in [1.165, 1.54) is 18.2 Å². The molecular weight excluding hydrogens is 274 g/mol. The number of nitrogen functional groups attached to an aromatic ring is 1. The summed E-state index contributed by atoms with van der Waals surface area (Å²) in [7, 11) is 0. The molecule has 1 aliphatic heterocycles. The number of anilines is 1. The van der Waals surface area contributed by atoms with Crippen molar-refractivity contribution in [2.24, 2.45) is 0 Å². The number of nitrogens with zero attached hydrogens (tertiary/aromatic N) is 1. The molecule has 0 aromatic heterocycles. The van der Waals surface area contributed by atoms with Crippen LogP contribution in [0.4, 0.5) is 11.4 Å². The van der Waals surface area contributed by atoms with Gasteiger partial charge in [-0.2, -0.15) is 0 Å². The first-order valence-corrected chi connectivity index (χ1v) is 7.02. The fourth-order valence-electron chi connectivity index (χ4n) is 2.39. The Morgan fingerprint density at radius 1 is 1.48 bits per heavy atom. The zero-order valence-electron chi connectivity index (χ0n) is 11.7. The number of para-hydroxylation sites is 1. The van der Waals surface area contributed by atoms with Crippen LogP contribution in [0.25, 0.3) is 0 Å². The molecule has 0 aliphatic carbocycles. The largest absolute Gasteiger partial charge is 0.393 e. The number of hydrogen-bond donors (Lipinski definition) is 2. The molecule has 0 saturated carbocycles. The summed E-state index contributed by atoms with van der Waals surface area (Å²) in [6, 6.07) is 4.21. The van der Waals surface area contributed by atoms with Gasteiger partial charge in [-0.3, -0.25) is 14.9 Å². The molecule has 2 rings (SSSR count). The smallest absolute Gasteiger partial charge is 0.292 e. The van der Waals surface area contributed by atoms with E-state index in [0.717, 1.165) is 32.3 Å². The van der Waals surface area contributed by atoms with Crippen molar-refractivity contribution in [1.82, 2.24) is 5.32 Å². The van der Waals surface area contributed by atoms with E-state index in [1.54, 1.807) is 0 Å². The molecule has 3 N–H and O–H groups in total. The second-order valence-electron chi connectivity index (χ2n) is 5.03. The van der Waals surface area contributed by atoms with Crippen LogP contribution >= 0.6 is 0 Å². The number of carbonyl (C=O) groups is 1. The number of rotatable bonds is 5. The number of nitrogens with two attached hydrogens (primary N) is 1. The number of carbonyl (C=O) groups excluding carboxylic acids is 1. The monoisotopic (exact) mass is 293 g/mol. The van der Waals surface area contributed by atoms with Gasteiger partial charge < -0.3 is 15.8 Å². The van der Waals surface area contributed by atoms with Crippen LogP contribution in [-0.2, 0) is 4.74 Å². The lowest BCUT2D eigenvalue weighted by molar-refractivity contribution is -0.383. The van der Waals surface area contributed by atoms with Gasteiger partial charge in [0.1, 0.15) is 5.69 Å². The van der Waals surface area contributed by atoms with E-state index < -0.39 is 10.8 Å². The van der Waals surface area contributed by atoms with Crippen LogP contribution in [-0.4, -0.2) is 30.1 Å². The van der Waals surface area contributed by atoms with Gasteiger partial charge in [-0.15, -0.1) is 0 Å². The molecule has 1 aromatic rings. The highest BCUT2D eigenvalue weighted by Gasteiger charge is 2.19. The molecule has 0 bridgehead atoms. The summed E-state index contributed by atoms with van der Waals surface area (Å²) < 4.78 is 5.57. The Morgan fingerprint density at radius 2 is 2.29 bits per heavy atom. The third-order valence-corrected chi connectivity index (χ3v) is 3.55. The number of amides is 1. The Kier molecular flexibility index (Phi) is 5.10. The number of benzene rings is 1. The number of nitro benzene ring substituents is 1. The zero-order valence-corrected chi connectivity index (χ0v) is 11.7. The summed E-state index contributed by atoms with van der Waals surface area (Å²) in [5.74, 6) is -0.396. The van der Waals surface area contributed by atoms with Gasteiger partial charge in [0.2, 0.25) is 0 Å². The van der Waals surface area contributed by atoms with E-state index in [0.29, 0.717) is 6.54 Å². The van der Waals surface area contributed by atoms with Gasteiger partial charge in [0.25, 0.3) is 11.6 Å². The van der Waals surface area contributed by atoms with E-state index in [2.05, 4.69) is 5.32 Å². The van der Waals surface area contributed by atoms with Gasteiger partial charge in [0.15, 0.2) is 0 Å². The average molecular weight is 293 g/mol. The van der Waals surface area contributed by atoms with Crippen LogP contribution in [0, 0.1) is 10.1 Å². The molecule has 1 amide bonds. The summed E-state index contributed by atoms with van der Waals surface area (Å²) in [5.41, 5.74) is 5.45. The Hall–Kier alpha value is -2.15. The number of nitrogens with one attached hydrogen (secondary N) is 1. The molecule has 1 fully saturated rings. The van der Waals surface area contributed by atoms with Crippen LogP contribution in [0.2, 0.25) is 0 Å². The van der Waals surface area contributed by atoms with Crippen LogP contribution in [0.1, 0.15) is 36.0 Å². The van der Waals surface area contributed by atoms with Crippen molar-refractivity contribution in [2.45, 2.75) is 31.8 Å². The lowest BCUT2D eigenvalue weighted by atomic mass is 10.1. The molecule has 7 heteroatoms. The van der Waals surface area contributed by atoms with E-state index in [-0.39, 0.29) is 23.0 Å². The Balaban J connectivity index is 1.91. The van der Waals surface area contributed by atoms with Crippen molar-refractivity contribution in [1.29, 1.82) is 0 Å². The summed E-state index contributed by atoms with van der Waals surface area (Å²) in [6.07, 6.45) is 4.17. The Bertz CT molecular complexity index is 527. The second kappa shape index (κ2) is 7.03. The van der Waals surface area contributed by atoms with Crippen molar-refractivity contribution >= 4 is 17.3 Å². The van der Waals surface area contributed by atoms with Crippen LogP contribution < -0.4 is 11.1 Å². The van der Waals surface area contributed by atoms with Crippen molar-refractivity contribution in [2.75, 3.05) is 18.9 Å². The van der Waals surface area contributed by atoms with E-state index in [4.69, 9.17) is 10.5 Å². The first kappa shape index (κ1) is 15.2. The standard InChI is InChI=1S/C14H19N3O4/c15-13-11(5-3-6-12(13)17(19)20)14(18)16-8-7-10-4-1-2-9-21-10/h3,5-6,10H,1-2,4,7-9,15H2,(H,16,18). The molecule has 1 saturated heterocycles. The van der Waals surface area contributed by atoms with Gasteiger partial charge >= 0.3 is 0 Å².